The van der Waals surface area contributed by atoms with Crippen LogP contribution in [-0.4, -0.2) is 41.1 Å². The summed E-state index contributed by atoms with van der Waals surface area (Å²) >= 11 is 1.61. The second kappa shape index (κ2) is 6.39. The number of aromatic nitrogens is 3. The van der Waals surface area contributed by atoms with Crippen molar-refractivity contribution in [1.29, 1.82) is 0 Å². The number of piperazine rings is 1. The molecule has 1 saturated heterocycles. The monoisotopic (exact) mass is 379 g/mol. The van der Waals surface area contributed by atoms with E-state index in [1.165, 1.54) is 12.3 Å². The topological polar surface area (TPSA) is 45.2 Å². The van der Waals surface area contributed by atoms with Crippen LogP contribution in [0.3, 0.4) is 0 Å². The number of nitrogens with zero attached hydrogens (tertiary/aromatic N) is 5. The van der Waals surface area contributed by atoms with Crippen LogP contribution in [0.25, 0.3) is 10.2 Å². The summed E-state index contributed by atoms with van der Waals surface area (Å²) in [6, 6.07) is 4.46. The smallest absolute Gasteiger partial charge is 0.353 e. The van der Waals surface area contributed by atoms with Crippen molar-refractivity contribution in [2.45, 2.75) is 13.1 Å². The van der Waals surface area contributed by atoms with Crippen molar-refractivity contribution in [1.82, 2.24) is 15.0 Å². The summed E-state index contributed by atoms with van der Waals surface area (Å²) < 4.78 is 39.7. The number of aryl methyl sites for hydroxylation is 1. The molecule has 0 spiro atoms. The first kappa shape index (κ1) is 17.0. The quantitative estimate of drug-likeness (QED) is 0.679. The van der Waals surface area contributed by atoms with E-state index in [-0.39, 0.29) is 5.82 Å². The first-order chi connectivity index (χ1) is 12.4. The van der Waals surface area contributed by atoms with E-state index in [1.807, 2.05) is 6.92 Å². The molecule has 3 aromatic rings. The Labute approximate surface area is 152 Å². The number of alkyl halides is 3. The highest BCUT2D eigenvalue weighted by molar-refractivity contribution is 7.18. The third-order valence-electron chi connectivity index (χ3n) is 4.40. The van der Waals surface area contributed by atoms with E-state index < -0.39 is 11.7 Å². The molecule has 0 saturated carbocycles. The maximum atomic E-state index is 13.2. The summed E-state index contributed by atoms with van der Waals surface area (Å²) in [6.07, 6.45) is -1.46. The molecule has 136 valence electrons. The van der Waals surface area contributed by atoms with Gasteiger partial charge < -0.3 is 9.80 Å². The molecule has 0 bridgehead atoms. The second-order valence-corrected chi connectivity index (χ2v) is 7.35. The van der Waals surface area contributed by atoms with Crippen LogP contribution in [0.1, 0.15) is 10.4 Å². The van der Waals surface area contributed by atoms with E-state index in [2.05, 4.69) is 25.9 Å². The molecular weight excluding hydrogens is 363 g/mol. The number of hydrogen-bond acceptors (Lipinski definition) is 6. The zero-order valence-corrected chi connectivity index (χ0v) is 14.8. The van der Waals surface area contributed by atoms with Gasteiger partial charge in [0.25, 0.3) is 0 Å². The van der Waals surface area contributed by atoms with Crippen LogP contribution < -0.4 is 9.80 Å². The number of rotatable bonds is 2. The Morgan fingerprint density at radius 2 is 1.69 bits per heavy atom. The molecule has 0 atom stereocenters. The number of anilines is 2. The number of hydrogen-bond donors (Lipinski definition) is 0. The zero-order chi connectivity index (χ0) is 18.3. The molecule has 0 aliphatic carbocycles. The molecule has 0 N–H and O–H groups in total. The van der Waals surface area contributed by atoms with Gasteiger partial charge >= 0.3 is 6.18 Å². The standard InChI is InChI=1S/C17H16F3N5S/c1-11-9-12-14(22-10-23-16(12)26-11)24-5-7-25(8-6-24)15-13(17(18,19)20)3-2-4-21-15/h2-4,9-10H,5-8H2,1H3. The van der Waals surface area contributed by atoms with Crippen molar-refractivity contribution < 1.29 is 13.2 Å². The van der Waals surface area contributed by atoms with Gasteiger partial charge in [0.15, 0.2) is 0 Å². The Hall–Kier alpha value is -2.42. The van der Waals surface area contributed by atoms with Gasteiger partial charge in [0.1, 0.15) is 22.8 Å². The minimum atomic E-state index is -4.41. The normalized spacial score (nSPS) is 15.7. The molecule has 1 aliphatic heterocycles. The first-order valence-electron chi connectivity index (χ1n) is 8.17. The van der Waals surface area contributed by atoms with Crippen molar-refractivity contribution in [2.75, 3.05) is 36.0 Å². The molecule has 26 heavy (non-hydrogen) atoms. The first-order valence-corrected chi connectivity index (χ1v) is 8.98. The number of pyridine rings is 1. The van der Waals surface area contributed by atoms with Crippen LogP contribution in [0.2, 0.25) is 0 Å². The third-order valence-corrected chi connectivity index (χ3v) is 5.36. The van der Waals surface area contributed by atoms with Crippen molar-refractivity contribution >= 4 is 33.2 Å². The van der Waals surface area contributed by atoms with Crippen LogP contribution in [0, 0.1) is 6.92 Å². The molecular formula is C17H16F3N5S. The highest BCUT2D eigenvalue weighted by Gasteiger charge is 2.36. The largest absolute Gasteiger partial charge is 0.419 e. The molecule has 0 amide bonds. The van der Waals surface area contributed by atoms with Crippen LogP contribution in [0.5, 0.6) is 0 Å². The fraction of sp³-hybridized carbons (Fsp3) is 0.353. The Morgan fingerprint density at radius 1 is 1.00 bits per heavy atom. The van der Waals surface area contributed by atoms with Crippen LogP contribution in [0.4, 0.5) is 24.8 Å². The predicted molar refractivity (Wildman–Crippen MR) is 95.8 cm³/mol. The van der Waals surface area contributed by atoms with Crippen molar-refractivity contribution in [3.8, 4) is 0 Å². The van der Waals surface area contributed by atoms with Crippen molar-refractivity contribution in [3.05, 3.63) is 41.2 Å². The Balaban J connectivity index is 1.57. The molecule has 0 radical (unpaired) electrons. The SMILES string of the molecule is Cc1cc2c(N3CCN(c4ncccc4C(F)(F)F)CC3)ncnc2s1. The van der Waals surface area contributed by atoms with Crippen molar-refractivity contribution in [3.63, 3.8) is 0 Å². The molecule has 4 rings (SSSR count). The molecule has 1 aliphatic rings. The number of thiophene rings is 1. The maximum Gasteiger partial charge on any atom is 0.419 e. The Kier molecular flexibility index (Phi) is 4.18. The van der Waals surface area contributed by atoms with Gasteiger partial charge in [0.05, 0.1) is 10.9 Å². The molecule has 0 unspecified atom stereocenters. The Morgan fingerprint density at radius 3 is 2.38 bits per heavy atom. The summed E-state index contributed by atoms with van der Waals surface area (Å²) in [6.45, 7) is 4.08. The van der Waals surface area contributed by atoms with E-state index in [9.17, 15) is 13.2 Å². The summed E-state index contributed by atoms with van der Waals surface area (Å²) in [7, 11) is 0. The molecule has 3 aromatic heterocycles. The Bertz CT molecular complexity index is 932. The molecule has 4 heterocycles. The lowest BCUT2D eigenvalue weighted by atomic mass is 10.2. The highest BCUT2D eigenvalue weighted by Crippen LogP contribution is 2.36. The molecule has 0 aromatic carbocycles. The molecule has 5 nitrogen and oxygen atoms in total. The molecule has 1 fully saturated rings. The van der Waals surface area contributed by atoms with E-state index in [0.29, 0.717) is 26.2 Å². The fourth-order valence-electron chi connectivity index (χ4n) is 3.22. The number of halogens is 3. The van der Waals surface area contributed by atoms with Gasteiger partial charge in [0.2, 0.25) is 0 Å². The van der Waals surface area contributed by atoms with E-state index in [0.717, 1.165) is 27.0 Å². The van der Waals surface area contributed by atoms with Crippen LogP contribution in [-0.2, 0) is 6.18 Å². The maximum absolute atomic E-state index is 13.2. The van der Waals surface area contributed by atoms with E-state index in [1.54, 1.807) is 22.6 Å². The molecule has 9 heteroatoms. The summed E-state index contributed by atoms with van der Waals surface area (Å²) in [5, 5.41) is 0.997. The summed E-state index contributed by atoms with van der Waals surface area (Å²) in [5.74, 6) is 0.843. The fourth-order valence-corrected chi connectivity index (χ4v) is 4.06. The van der Waals surface area contributed by atoms with E-state index >= 15 is 0 Å². The number of fused-ring (bicyclic) bond motifs is 1. The second-order valence-electron chi connectivity index (χ2n) is 6.12. The van der Waals surface area contributed by atoms with Gasteiger partial charge in [0, 0.05) is 37.3 Å². The minimum absolute atomic E-state index is 0.00105. The predicted octanol–water partition coefficient (Wildman–Crippen LogP) is 3.74. The van der Waals surface area contributed by atoms with Crippen LogP contribution >= 0.6 is 11.3 Å². The highest BCUT2D eigenvalue weighted by atomic mass is 32.1. The van der Waals surface area contributed by atoms with Gasteiger partial charge in [-0.25, -0.2) is 15.0 Å². The average Bonchev–Trinajstić information content (AvgIpc) is 3.01. The van der Waals surface area contributed by atoms with Crippen molar-refractivity contribution in [2.24, 2.45) is 0 Å². The van der Waals surface area contributed by atoms with Crippen LogP contribution in [0.15, 0.2) is 30.7 Å². The lowest BCUT2D eigenvalue weighted by molar-refractivity contribution is -0.137. The van der Waals surface area contributed by atoms with Gasteiger partial charge in [-0.15, -0.1) is 11.3 Å². The average molecular weight is 379 g/mol. The summed E-state index contributed by atoms with van der Waals surface area (Å²) in [5.41, 5.74) is -0.689. The lowest BCUT2D eigenvalue weighted by Gasteiger charge is -2.37. The zero-order valence-electron chi connectivity index (χ0n) is 14.0. The minimum Gasteiger partial charge on any atom is -0.353 e. The summed E-state index contributed by atoms with van der Waals surface area (Å²) in [4.78, 5) is 18.6. The van der Waals surface area contributed by atoms with Gasteiger partial charge in [-0.1, -0.05) is 0 Å². The van der Waals surface area contributed by atoms with Gasteiger partial charge in [-0.3, -0.25) is 0 Å². The van der Waals surface area contributed by atoms with Gasteiger partial charge in [-0.05, 0) is 25.1 Å². The van der Waals surface area contributed by atoms with Gasteiger partial charge in [-0.2, -0.15) is 13.2 Å². The van der Waals surface area contributed by atoms with E-state index in [4.69, 9.17) is 0 Å². The lowest BCUT2D eigenvalue weighted by Crippen LogP contribution is -2.47. The third kappa shape index (κ3) is 3.07.